The smallest absolute Gasteiger partial charge is 0.114 e. The number of fused-ring (bicyclic) bond motifs is 1. The van der Waals surface area contributed by atoms with Crippen molar-refractivity contribution in [2.24, 2.45) is 0 Å². The Morgan fingerprint density at radius 1 is 1.44 bits per heavy atom. The van der Waals surface area contributed by atoms with Crippen LogP contribution in [0.2, 0.25) is 0 Å². The van der Waals surface area contributed by atoms with Crippen molar-refractivity contribution in [3.8, 4) is 0 Å². The van der Waals surface area contributed by atoms with Crippen molar-refractivity contribution < 1.29 is 0 Å². The SMILES string of the molecule is CCCC1(c2nc3ccncc3[nH]2)CCCNC1. The third kappa shape index (κ3) is 1.90. The second kappa shape index (κ2) is 4.69. The molecule has 1 aliphatic rings. The standard InChI is InChI=1S/C14H20N4/c1-2-5-14(6-3-7-16-10-14)13-17-11-4-8-15-9-12(11)18-13/h4,8-9,16H,2-3,5-7,10H2,1H3,(H,17,18). The van der Waals surface area contributed by atoms with E-state index in [0.29, 0.717) is 0 Å². The van der Waals surface area contributed by atoms with Crippen molar-refractivity contribution in [2.75, 3.05) is 13.1 Å². The van der Waals surface area contributed by atoms with Crippen molar-refractivity contribution in [3.63, 3.8) is 0 Å². The first-order valence-electron chi connectivity index (χ1n) is 6.85. The molecule has 0 aromatic carbocycles. The molecule has 2 N–H and O–H groups in total. The molecule has 0 saturated carbocycles. The lowest BCUT2D eigenvalue weighted by atomic mass is 9.76. The van der Waals surface area contributed by atoms with E-state index in [1.165, 1.54) is 25.7 Å². The Kier molecular flexibility index (Phi) is 3.04. The number of hydrogen-bond acceptors (Lipinski definition) is 3. The molecule has 3 rings (SSSR count). The minimum atomic E-state index is 0.187. The van der Waals surface area contributed by atoms with E-state index >= 15 is 0 Å². The number of nitrogens with one attached hydrogen (secondary N) is 2. The minimum Gasteiger partial charge on any atom is -0.340 e. The molecule has 4 nitrogen and oxygen atoms in total. The van der Waals surface area contributed by atoms with Crippen LogP contribution >= 0.6 is 0 Å². The van der Waals surface area contributed by atoms with Gasteiger partial charge in [-0.25, -0.2) is 4.98 Å². The van der Waals surface area contributed by atoms with Crippen LogP contribution in [0.3, 0.4) is 0 Å². The molecule has 96 valence electrons. The molecular weight excluding hydrogens is 224 g/mol. The fraction of sp³-hybridized carbons (Fsp3) is 0.571. The third-order valence-corrected chi connectivity index (χ3v) is 3.99. The number of aromatic nitrogens is 3. The highest BCUT2D eigenvalue weighted by Gasteiger charge is 2.35. The highest BCUT2D eigenvalue weighted by molar-refractivity contribution is 5.73. The molecule has 1 unspecified atom stereocenters. The maximum Gasteiger partial charge on any atom is 0.114 e. The first-order valence-corrected chi connectivity index (χ1v) is 6.85. The summed E-state index contributed by atoms with van der Waals surface area (Å²) in [4.78, 5) is 12.4. The minimum absolute atomic E-state index is 0.187. The van der Waals surface area contributed by atoms with Crippen molar-refractivity contribution in [3.05, 3.63) is 24.3 Å². The average molecular weight is 244 g/mol. The van der Waals surface area contributed by atoms with Gasteiger partial charge >= 0.3 is 0 Å². The van der Waals surface area contributed by atoms with Crippen molar-refractivity contribution >= 4 is 11.0 Å². The lowest BCUT2D eigenvalue weighted by Gasteiger charge is -2.36. The summed E-state index contributed by atoms with van der Waals surface area (Å²) in [7, 11) is 0. The molecule has 4 heteroatoms. The van der Waals surface area contributed by atoms with E-state index in [1.807, 2.05) is 12.3 Å². The Morgan fingerprint density at radius 2 is 2.39 bits per heavy atom. The van der Waals surface area contributed by atoms with Crippen molar-refractivity contribution in [1.82, 2.24) is 20.3 Å². The molecule has 1 aliphatic heterocycles. The third-order valence-electron chi connectivity index (χ3n) is 3.99. The Hall–Kier alpha value is -1.42. The normalized spacial score (nSPS) is 24.5. The summed E-state index contributed by atoms with van der Waals surface area (Å²) in [6.07, 6.45) is 8.50. The van der Waals surface area contributed by atoms with E-state index in [-0.39, 0.29) is 5.41 Å². The van der Waals surface area contributed by atoms with Crippen molar-refractivity contribution in [2.45, 2.75) is 38.0 Å². The van der Waals surface area contributed by atoms with E-state index in [0.717, 1.165) is 29.9 Å². The van der Waals surface area contributed by atoms with Crippen LogP contribution < -0.4 is 5.32 Å². The molecule has 0 spiro atoms. The summed E-state index contributed by atoms with van der Waals surface area (Å²) in [5, 5.41) is 3.53. The van der Waals surface area contributed by atoms with Gasteiger partial charge in [0.1, 0.15) is 5.82 Å². The highest BCUT2D eigenvalue weighted by atomic mass is 15.0. The predicted octanol–water partition coefficient (Wildman–Crippen LogP) is 2.38. The molecule has 18 heavy (non-hydrogen) atoms. The van der Waals surface area contributed by atoms with Gasteiger partial charge in [-0.15, -0.1) is 0 Å². The van der Waals surface area contributed by atoms with E-state index in [2.05, 4.69) is 22.2 Å². The van der Waals surface area contributed by atoms with E-state index in [4.69, 9.17) is 4.98 Å². The number of rotatable bonds is 3. The van der Waals surface area contributed by atoms with Gasteiger partial charge in [0.15, 0.2) is 0 Å². The van der Waals surface area contributed by atoms with Gasteiger partial charge in [0.25, 0.3) is 0 Å². The summed E-state index contributed by atoms with van der Waals surface area (Å²) in [6.45, 7) is 4.42. The van der Waals surface area contributed by atoms with Crippen LogP contribution in [-0.2, 0) is 5.41 Å². The topological polar surface area (TPSA) is 53.6 Å². The number of nitrogens with zero attached hydrogens (tertiary/aromatic N) is 2. The largest absolute Gasteiger partial charge is 0.340 e. The van der Waals surface area contributed by atoms with Gasteiger partial charge < -0.3 is 10.3 Å². The molecule has 2 aromatic rings. The number of aromatic amines is 1. The van der Waals surface area contributed by atoms with Crippen LogP contribution in [0.25, 0.3) is 11.0 Å². The zero-order valence-electron chi connectivity index (χ0n) is 10.9. The first-order chi connectivity index (χ1) is 8.84. The fourth-order valence-corrected chi connectivity index (χ4v) is 3.09. The first kappa shape index (κ1) is 11.7. The molecule has 0 bridgehead atoms. The summed E-state index contributed by atoms with van der Waals surface area (Å²) in [5.41, 5.74) is 2.26. The Balaban J connectivity index is 2.03. The maximum atomic E-state index is 4.79. The molecule has 0 radical (unpaired) electrons. The molecule has 2 aromatic heterocycles. The summed E-state index contributed by atoms with van der Waals surface area (Å²) < 4.78 is 0. The maximum absolute atomic E-state index is 4.79. The fourth-order valence-electron chi connectivity index (χ4n) is 3.09. The summed E-state index contributed by atoms with van der Waals surface area (Å²) >= 11 is 0. The average Bonchev–Trinajstić information content (AvgIpc) is 2.84. The summed E-state index contributed by atoms with van der Waals surface area (Å²) in [5.74, 6) is 1.14. The number of hydrogen-bond donors (Lipinski definition) is 2. The predicted molar refractivity (Wildman–Crippen MR) is 72.6 cm³/mol. The molecule has 1 atom stereocenters. The van der Waals surface area contributed by atoms with Gasteiger partial charge in [-0.3, -0.25) is 4.98 Å². The number of imidazole rings is 1. The van der Waals surface area contributed by atoms with E-state index in [9.17, 15) is 0 Å². The number of piperidine rings is 1. The Bertz CT molecular complexity index is 487. The van der Waals surface area contributed by atoms with Gasteiger partial charge in [0, 0.05) is 18.2 Å². The van der Waals surface area contributed by atoms with Crippen LogP contribution in [0.1, 0.15) is 38.4 Å². The molecule has 1 fully saturated rings. The van der Waals surface area contributed by atoms with Crippen LogP contribution in [0, 0.1) is 0 Å². The Morgan fingerprint density at radius 3 is 3.11 bits per heavy atom. The second-order valence-corrected chi connectivity index (χ2v) is 5.29. The van der Waals surface area contributed by atoms with E-state index in [1.54, 1.807) is 6.20 Å². The molecule has 1 saturated heterocycles. The van der Waals surface area contributed by atoms with Crippen LogP contribution in [0.15, 0.2) is 18.5 Å². The molecule has 0 amide bonds. The molecule has 3 heterocycles. The quantitative estimate of drug-likeness (QED) is 0.871. The van der Waals surface area contributed by atoms with Gasteiger partial charge in [0.2, 0.25) is 0 Å². The van der Waals surface area contributed by atoms with Gasteiger partial charge in [-0.05, 0) is 31.9 Å². The lowest BCUT2D eigenvalue weighted by Crippen LogP contribution is -2.44. The van der Waals surface area contributed by atoms with Crippen molar-refractivity contribution in [1.29, 1.82) is 0 Å². The van der Waals surface area contributed by atoms with Gasteiger partial charge in [-0.2, -0.15) is 0 Å². The second-order valence-electron chi connectivity index (χ2n) is 5.29. The zero-order chi connectivity index (χ0) is 12.4. The summed E-state index contributed by atoms with van der Waals surface area (Å²) in [6, 6.07) is 1.98. The van der Waals surface area contributed by atoms with Crippen LogP contribution in [0.4, 0.5) is 0 Å². The zero-order valence-corrected chi connectivity index (χ0v) is 10.9. The van der Waals surface area contributed by atoms with E-state index < -0.39 is 0 Å². The lowest BCUT2D eigenvalue weighted by molar-refractivity contribution is 0.278. The highest BCUT2D eigenvalue weighted by Crippen LogP contribution is 2.34. The van der Waals surface area contributed by atoms with Gasteiger partial charge in [-0.1, -0.05) is 13.3 Å². The van der Waals surface area contributed by atoms with Crippen LogP contribution in [0.5, 0.6) is 0 Å². The number of H-pyrrole nitrogens is 1. The monoisotopic (exact) mass is 244 g/mol. The molecule has 0 aliphatic carbocycles. The van der Waals surface area contributed by atoms with Gasteiger partial charge in [0.05, 0.1) is 17.2 Å². The number of pyridine rings is 1. The molecular formula is C14H20N4. The van der Waals surface area contributed by atoms with Crippen LogP contribution in [-0.4, -0.2) is 28.0 Å². The Labute approximate surface area is 107 Å².